The number of aromatic nitrogens is 1. The molecule has 0 atom stereocenters. The van der Waals surface area contributed by atoms with E-state index < -0.39 is 5.97 Å². The number of carbonyl (C=O) groups excluding carboxylic acids is 2. The van der Waals surface area contributed by atoms with Crippen LogP contribution >= 0.6 is 0 Å². The zero-order valence-electron chi connectivity index (χ0n) is 12.6. The second-order valence-corrected chi connectivity index (χ2v) is 4.50. The number of esters is 1. The van der Waals surface area contributed by atoms with Crippen molar-refractivity contribution in [2.45, 2.75) is 26.2 Å². The first kappa shape index (κ1) is 17.1. The summed E-state index contributed by atoms with van der Waals surface area (Å²) in [6.45, 7) is 4.05. The van der Waals surface area contributed by atoms with Crippen LogP contribution in [0.15, 0.2) is 18.3 Å². The molecule has 6 heteroatoms. The fraction of sp³-hybridized carbons (Fsp3) is 0.533. The molecule has 0 aliphatic carbocycles. The highest BCUT2D eigenvalue weighted by atomic mass is 16.5. The van der Waals surface area contributed by atoms with E-state index in [-0.39, 0.29) is 11.6 Å². The number of amides is 1. The summed E-state index contributed by atoms with van der Waals surface area (Å²) in [5.41, 5.74) is 0.591. The molecule has 0 saturated heterocycles. The number of nitrogens with zero attached hydrogens (tertiary/aromatic N) is 1. The van der Waals surface area contributed by atoms with Crippen molar-refractivity contribution in [3.05, 3.63) is 29.6 Å². The van der Waals surface area contributed by atoms with Gasteiger partial charge in [0.25, 0.3) is 5.91 Å². The van der Waals surface area contributed by atoms with E-state index in [4.69, 9.17) is 4.74 Å². The van der Waals surface area contributed by atoms with E-state index >= 15 is 0 Å². The summed E-state index contributed by atoms with van der Waals surface area (Å²) in [5.74, 6) is -0.737. The molecule has 0 unspecified atom stereocenters. The molecule has 0 spiro atoms. The van der Waals surface area contributed by atoms with Crippen LogP contribution in [0.25, 0.3) is 0 Å². The lowest BCUT2D eigenvalue weighted by atomic mass is 10.2. The molecule has 1 heterocycles. The van der Waals surface area contributed by atoms with Gasteiger partial charge in [0.15, 0.2) is 0 Å². The average Bonchev–Trinajstić information content (AvgIpc) is 2.53. The van der Waals surface area contributed by atoms with Gasteiger partial charge in [-0.05, 0) is 25.0 Å². The lowest BCUT2D eigenvalue weighted by Crippen LogP contribution is -2.26. The number of hydrogen-bond donors (Lipinski definition) is 1. The van der Waals surface area contributed by atoms with Gasteiger partial charge in [-0.15, -0.1) is 0 Å². The number of methoxy groups -OCH3 is 1. The van der Waals surface area contributed by atoms with Crippen molar-refractivity contribution < 1.29 is 19.1 Å². The maximum atomic E-state index is 11.8. The first-order chi connectivity index (χ1) is 10.2. The van der Waals surface area contributed by atoms with Crippen molar-refractivity contribution in [1.82, 2.24) is 10.3 Å². The Morgan fingerprint density at radius 2 is 2.00 bits per heavy atom. The number of hydrogen-bond acceptors (Lipinski definition) is 5. The predicted molar refractivity (Wildman–Crippen MR) is 78.3 cm³/mol. The van der Waals surface area contributed by atoms with Gasteiger partial charge in [0.05, 0.1) is 12.7 Å². The van der Waals surface area contributed by atoms with Crippen LogP contribution in [0.4, 0.5) is 0 Å². The van der Waals surface area contributed by atoms with Crippen LogP contribution in [0.1, 0.15) is 47.0 Å². The van der Waals surface area contributed by atoms with Gasteiger partial charge >= 0.3 is 5.97 Å². The van der Waals surface area contributed by atoms with Crippen LogP contribution in [0.2, 0.25) is 0 Å². The quantitative estimate of drug-likeness (QED) is 0.555. The summed E-state index contributed by atoms with van der Waals surface area (Å²) in [6.07, 6.45) is 4.26. The SMILES string of the molecule is CCCCOCCCNC(=O)c1ccc(C(=O)OC)cn1. The second kappa shape index (κ2) is 9.88. The minimum Gasteiger partial charge on any atom is -0.465 e. The molecule has 1 amide bonds. The zero-order valence-corrected chi connectivity index (χ0v) is 12.6. The monoisotopic (exact) mass is 294 g/mol. The van der Waals surface area contributed by atoms with Crippen LogP contribution in [-0.2, 0) is 9.47 Å². The van der Waals surface area contributed by atoms with Crippen LogP contribution in [0.3, 0.4) is 0 Å². The number of ether oxygens (including phenoxy) is 2. The highest BCUT2D eigenvalue weighted by molar-refractivity contribution is 5.94. The highest BCUT2D eigenvalue weighted by Crippen LogP contribution is 2.02. The molecule has 21 heavy (non-hydrogen) atoms. The van der Waals surface area contributed by atoms with E-state index in [0.717, 1.165) is 25.9 Å². The van der Waals surface area contributed by atoms with Gasteiger partial charge in [-0.1, -0.05) is 13.3 Å². The molecule has 6 nitrogen and oxygen atoms in total. The van der Waals surface area contributed by atoms with Gasteiger partial charge in [0.2, 0.25) is 0 Å². The Morgan fingerprint density at radius 1 is 1.24 bits per heavy atom. The van der Waals surface area contributed by atoms with Crippen molar-refractivity contribution in [3.8, 4) is 0 Å². The van der Waals surface area contributed by atoms with Gasteiger partial charge in [0.1, 0.15) is 5.69 Å². The van der Waals surface area contributed by atoms with Gasteiger partial charge in [-0.25, -0.2) is 4.79 Å². The van der Waals surface area contributed by atoms with E-state index in [9.17, 15) is 9.59 Å². The first-order valence-corrected chi connectivity index (χ1v) is 7.09. The van der Waals surface area contributed by atoms with Crippen LogP contribution in [0, 0.1) is 0 Å². The molecule has 0 aromatic carbocycles. The fourth-order valence-corrected chi connectivity index (χ4v) is 1.58. The Balaban J connectivity index is 2.27. The molecule has 0 aliphatic rings. The van der Waals surface area contributed by atoms with Gasteiger partial charge < -0.3 is 14.8 Å². The van der Waals surface area contributed by atoms with E-state index in [2.05, 4.69) is 22.0 Å². The Morgan fingerprint density at radius 3 is 2.62 bits per heavy atom. The van der Waals surface area contributed by atoms with E-state index in [1.54, 1.807) is 0 Å². The third kappa shape index (κ3) is 6.35. The molecular formula is C15H22N2O4. The first-order valence-electron chi connectivity index (χ1n) is 7.09. The Kier molecular flexibility index (Phi) is 8.04. The van der Waals surface area contributed by atoms with Gasteiger partial charge in [-0.3, -0.25) is 9.78 Å². The van der Waals surface area contributed by atoms with Gasteiger partial charge in [0, 0.05) is 26.0 Å². The Labute approximate surface area is 124 Å². The minimum atomic E-state index is -0.473. The number of nitrogens with one attached hydrogen (secondary N) is 1. The average molecular weight is 294 g/mol. The standard InChI is InChI=1S/C15H22N2O4/c1-3-4-9-21-10-5-8-16-14(18)13-7-6-12(11-17-13)15(19)20-2/h6-7,11H,3-5,8-10H2,1-2H3,(H,16,18). The van der Waals surface area contributed by atoms with Crippen LogP contribution in [-0.4, -0.2) is 43.7 Å². The minimum absolute atomic E-state index is 0.264. The molecule has 116 valence electrons. The second-order valence-electron chi connectivity index (χ2n) is 4.50. The number of rotatable bonds is 9. The Bertz CT molecular complexity index is 445. The largest absolute Gasteiger partial charge is 0.465 e. The summed E-state index contributed by atoms with van der Waals surface area (Å²) >= 11 is 0. The smallest absolute Gasteiger partial charge is 0.339 e. The van der Waals surface area contributed by atoms with Gasteiger partial charge in [-0.2, -0.15) is 0 Å². The molecule has 0 aliphatic heterocycles. The van der Waals surface area contributed by atoms with Crippen molar-refractivity contribution in [2.75, 3.05) is 26.9 Å². The normalized spacial score (nSPS) is 10.2. The summed E-state index contributed by atoms with van der Waals surface area (Å²) in [7, 11) is 1.30. The Hall–Kier alpha value is -1.95. The third-order valence-corrected chi connectivity index (χ3v) is 2.81. The van der Waals surface area contributed by atoms with Crippen molar-refractivity contribution in [1.29, 1.82) is 0 Å². The van der Waals surface area contributed by atoms with Crippen molar-refractivity contribution >= 4 is 11.9 Å². The highest BCUT2D eigenvalue weighted by Gasteiger charge is 2.09. The molecule has 1 N–H and O–H groups in total. The van der Waals surface area contributed by atoms with E-state index in [1.807, 2.05) is 0 Å². The molecule has 1 rings (SSSR count). The predicted octanol–water partition coefficient (Wildman–Crippen LogP) is 1.80. The van der Waals surface area contributed by atoms with Crippen LogP contribution < -0.4 is 5.32 Å². The molecule has 1 aromatic rings. The summed E-state index contributed by atoms with van der Waals surface area (Å²) in [4.78, 5) is 27.0. The molecule has 0 saturated carbocycles. The van der Waals surface area contributed by atoms with Crippen LogP contribution in [0.5, 0.6) is 0 Å². The molecule has 0 bridgehead atoms. The van der Waals surface area contributed by atoms with E-state index in [1.165, 1.54) is 25.4 Å². The topological polar surface area (TPSA) is 77.5 Å². The molecule has 0 fully saturated rings. The molecule has 0 radical (unpaired) electrons. The van der Waals surface area contributed by atoms with Crippen molar-refractivity contribution in [3.63, 3.8) is 0 Å². The maximum absolute atomic E-state index is 11.8. The van der Waals surface area contributed by atoms with E-state index in [0.29, 0.717) is 18.7 Å². The summed E-state index contributed by atoms with van der Waals surface area (Å²) in [6, 6.07) is 3.01. The fourth-order valence-electron chi connectivity index (χ4n) is 1.58. The molecule has 1 aromatic heterocycles. The number of pyridine rings is 1. The summed E-state index contributed by atoms with van der Waals surface area (Å²) < 4.78 is 9.96. The lowest BCUT2D eigenvalue weighted by molar-refractivity contribution is 0.0599. The van der Waals surface area contributed by atoms with Crippen molar-refractivity contribution in [2.24, 2.45) is 0 Å². The number of carbonyl (C=O) groups is 2. The maximum Gasteiger partial charge on any atom is 0.339 e. The third-order valence-electron chi connectivity index (χ3n) is 2.81. The number of unbranched alkanes of at least 4 members (excludes halogenated alkanes) is 1. The lowest BCUT2D eigenvalue weighted by Gasteiger charge is -2.06. The molecular weight excluding hydrogens is 272 g/mol. The zero-order chi connectivity index (χ0) is 15.5. The summed E-state index contributed by atoms with van der Waals surface area (Å²) in [5, 5.41) is 2.75.